The molecule has 2 N–H and O–H groups in total. The molecule has 0 saturated heterocycles. The zero-order valence-corrected chi connectivity index (χ0v) is 27.4. The smallest absolute Gasteiger partial charge is 0.128 e. The topological polar surface area (TPSA) is 79.4 Å². The molecule has 3 aromatic carbocycles. The summed E-state index contributed by atoms with van der Waals surface area (Å²) in [5.74, 6) is 0. The first-order chi connectivity index (χ1) is 22.0. The van der Waals surface area contributed by atoms with Crippen molar-refractivity contribution in [2.45, 2.75) is 33.2 Å². The molecule has 0 saturated carbocycles. The summed E-state index contributed by atoms with van der Waals surface area (Å²) >= 11 is 15.2. The second-order valence-electron chi connectivity index (χ2n) is 9.61. The number of aromatic amines is 1. The molecule has 6 nitrogen and oxygen atoms in total. The third kappa shape index (κ3) is 8.07. The Morgan fingerprint density at radius 2 is 1.51 bits per heavy atom. The number of aryl methyl sites for hydroxylation is 1. The number of nitrogens with one attached hydrogen (secondary N) is 2. The van der Waals surface area contributed by atoms with Gasteiger partial charge >= 0.3 is 0 Å². The van der Waals surface area contributed by atoms with Crippen LogP contribution in [0, 0.1) is 19.8 Å². The van der Waals surface area contributed by atoms with Crippen LogP contribution >= 0.6 is 46.7 Å². The van der Waals surface area contributed by atoms with Gasteiger partial charge in [0.15, 0.2) is 0 Å². The van der Waals surface area contributed by atoms with Crippen LogP contribution < -0.4 is 5.32 Å². The van der Waals surface area contributed by atoms with Crippen LogP contribution in [0.25, 0.3) is 21.9 Å². The van der Waals surface area contributed by atoms with E-state index in [-0.39, 0.29) is 0 Å². The average Bonchev–Trinajstić information content (AvgIpc) is 3.49. The Bertz CT molecular complexity index is 2020. The van der Waals surface area contributed by atoms with Crippen LogP contribution in [0.3, 0.4) is 0 Å². The molecule has 45 heavy (non-hydrogen) atoms. The lowest BCUT2D eigenvalue weighted by molar-refractivity contribution is 0.973. The maximum atomic E-state index is 6.08. The van der Waals surface area contributed by atoms with Gasteiger partial charge in [-0.05, 0) is 43.3 Å². The molecule has 0 bridgehead atoms. The number of allylic oxidation sites excluding steroid dienone is 3. The van der Waals surface area contributed by atoms with Crippen molar-refractivity contribution in [2.75, 3.05) is 11.9 Å². The van der Waals surface area contributed by atoms with E-state index in [0.29, 0.717) is 10.0 Å². The Morgan fingerprint density at radius 1 is 0.756 bits per heavy atom. The van der Waals surface area contributed by atoms with Gasteiger partial charge in [-0.3, -0.25) is 0 Å². The first kappa shape index (κ1) is 32.1. The summed E-state index contributed by atoms with van der Waals surface area (Å²) < 4.78 is 0. The molecule has 7 rings (SSSR count). The molecule has 0 fully saturated rings. The number of H-pyrrole nitrogens is 1. The Hall–Kier alpha value is -4.26. The molecule has 224 valence electrons. The lowest BCUT2D eigenvalue weighted by Gasteiger charge is -2.12. The highest BCUT2D eigenvalue weighted by Crippen LogP contribution is 2.36. The van der Waals surface area contributed by atoms with Gasteiger partial charge in [0.05, 0.1) is 26.9 Å². The van der Waals surface area contributed by atoms with Crippen LogP contribution in [0.15, 0.2) is 124 Å². The van der Waals surface area contributed by atoms with E-state index < -0.39 is 0 Å². The van der Waals surface area contributed by atoms with Crippen LogP contribution in [-0.4, -0.2) is 31.5 Å². The van der Waals surface area contributed by atoms with E-state index in [1.807, 2.05) is 30.3 Å². The van der Waals surface area contributed by atoms with Crippen LogP contribution in [0.4, 0.5) is 5.69 Å². The fourth-order valence-corrected chi connectivity index (χ4v) is 6.77. The Balaban J connectivity index is 0.000000169. The summed E-state index contributed by atoms with van der Waals surface area (Å²) in [5.41, 5.74) is 6.25. The first-order valence-electron chi connectivity index (χ1n) is 13.9. The van der Waals surface area contributed by atoms with E-state index in [9.17, 15) is 0 Å². The van der Waals surface area contributed by atoms with Crippen molar-refractivity contribution in [2.24, 2.45) is 0 Å². The lowest BCUT2D eigenvalue weighted by Crippen LogP contribution is -2.06. The Labute approximate surface area is 280 Å². The van der Waals surface area contributed by atoms with Gasteiger partial charge in [-0.2, -0.15) is 0 Å². The van der Waals surface area contributed by atoms with Gasteiger partial charge in [-0.15, -0.1) is 12.8 Å². The molecule has 6 aromatic rings. The summed E-state index contributed by atoms with van der Waals surface area (Å²) in [6, 6.07) is 22.1. The fraction of sp³-hybridized carbons (Fsp3) is 0.0857. The van der Waals surface area contributed by atoms with Gasteiger partial charge in [0.2, 0.25) is 0 Å². The van der Waals surface area contributed by atoms with E-state index in [1.54, 1.807) is 30.5 Å². The zero-order chi connectivity index (χ0) is 31.6. The molecule has 1 aliphatic heterocycles. The number of anilines is 1. The molecule has 1 aliphatic rings. The van der Waals surface area contributed by atoms with Crippen molar-refractivity contribution in [3.05, 3.63) is 125 Å². The second-order valence-corrected chi connectivity index (χ2v) is 12.6. The minimum atomic E-state index is 0.536. The number of fused-ring (bicyclic) bond motifs is 4. The van der Waals surface area contributed by atoms with Gasteiger partial charge in [0.25, 0.3) is 0 Å². The maximum absolute atomic E-state index is 6.08. The fourth-order valence-electron chi connectivity index (χ4n) is 4.52. The number of rotatable bonds is 4. The standard InChI is InChI=1S/C17H17N3S.C16H9Cl2N3S.C2H2/c1-13-7-6-8-14(11-13)21-17-16-15(19-12-20-17)9-4-2-3-5-10-18-16;17-11-6-5-9(7-12(11)18)22-16-15-14(19-8-20-16)10-3-1-2-4-13(10)21-15;1-2/h2-8,11-12,18H,9-10H2,1H3;1-8,21H;1-2H/b4-2-,5-3-;;. The molecule has 0 atom stereocenters. The maximum Gasteiger partial charge on any atom is 0.128 e. The summed E-state index contributed by atoms with van der Waals surface area (Å²) in [6.45, 7) is 2.89. The van der Waals surface area contributed by atoms with Crippen molar-refractivity contribution in [3.63, 3.8) is 0 Å². The number of para-hydroxylation sites is 1. The number of nitrogens with zero attached hydrogens (tertiary/aromatic N) is 4. The molecule has 10 heteroatoms. The van der Waals surface area contributed by atoms with Crippen molar-refractivity contribution in [1.29, 1.82) is 0 Å². The largest absolute Gasteiger partial charge is 0.378 e. The van der Waals surface area contributed by atoms with E-state index in [2.05, 4.69) is 105 Å². The zero-order valence-electron chi connectivity index (χ0n) is 24.2. The molecule has 0 aliphatic carbocycles. The summed E-state index contributed by atoms with van der Waals surface area (Å²) in [5, 5.41) is 7.45. The lowest BCUT2D eigenvalue weighted by atomic mass is 10.2. The van der Waals surface area contributed by atoms with E-state index in [1.165, 1.54) is 22.2 Å². The van der Waals surface area contributed by atoms with Crippen molar-refractivity contribution in [3.8, 4) is 12.8 Å². The number of hydrogen-bond acceptors (Lipinski definition) is 7. The summed E-state index contributed by atoms with van der Waals surface area (Å²) in [6.07, 6.45) is 20.4. The minimum Gasteiger partial charge on any atom is -0.378 e. The second kappa shape index (κ2) is 15.6. The SMILES string of the molecule is C#C.Cc1cccc(Sc2ncnc3c2NC/C=C\C=C/C3)c1.Clc1ccc(Sc2ncnc3c2[nH]c2ccccc23)cc1Cl. The van der Waals surface area contributed by atoms with Crippen LogP contribution in [0.5, 0.6) is 0 Å². The number of terminal acetylenes is 1. The Morgan fingerprint density at radius 3 is 2.36 bits per heavy atom. The minimum absolute atomic E-state index is 0.536. The van der Waals surface area contributed by atoms with Gasteiger partial charge in [-0.1, -0.05) is 107 Å². The van der Waals surface area contributed by atoms with Crippen molar-refractivity contribution >= 4 is 74.3 Å². The predicted octanol–water partition coefficient (Wildman–Crippen LogP) is 9.84. The van der Waals surface area contributed by atoms with Gasteiger partial charge < -0.3 is 10.3 Å². The monoisotopic (exact) mass is 666 g/mol. The van der Waals surface area contributed by atoms with Gasteiger partial charge in [0.1, 0.15) is 28.2 Å². The highest BCUT2D eigenvalue weighted by Gasteiger charge is 2.13. The number of benzene rings is 3. The third-order valence-corrected chi connectivity index (χ3v) is 9.27. The number of halogens is 2. The highest BCUT2D eigenvalue weighted by molar-refractivity contribution is 7.99. The molecule has 0 spiro atoms. The summed E-state index contributed by atoms with van der Waals surface area (Å²) in [4.78, 5) is 23.2. The summed E-state index contributed by atoms with van der Waals surface area (Å²) in [7, 11) is 0. The van der Waals surface area contributed by atoms with Crippen molar-refractivity contribution in [1.82, 2.24) is 24.9 Å². The molecular weight excluding hydrogens is 639 g/mol. The number of aromatic nitrogens is 5. The van der Waals surface area contributed by atoms with E-state index in [4.69, 9.17) is 23.2 Å². The van der Waals surface area contributed by atoms with Crippen LogP contribution in [-0.2, 0) is 6.42 Å². The highest BCUT2D eigenvalue weighted by atomic mass is 35.5. The quantitative estimate of drug-likeness (QED) is 0.143. The van der Waals surface area contributed by atoms with E-state index >= 15 is 0 Å². The van der Waals surface area contributed by atoms with Crippen LogP contribution in [0.2, 0.25) is 10.0 Å². The first-order valence-corrected chi connectivity index (χ1v) is 16.3. The Kier molecular flexibility index (Phi) is 11.2. The average molecular weight is 668 g/mol. The van der Waals surface area contributed by atoms with Gasteiger partial charge in [-0.25, -0.2) is 19.9 Å². The van der Waals surface area contributed by atoms with Crippen molar-refractivity contribution < 1.29 is 0 Å². The van der Waals surface area contributed by atoms with E-state index in [0.717, 1.165) is 61.2 Å². The molecule has 0 radical (unpaired) electrons. The molecule has 0 unspecified atom stereocenters. The number of hydrogen-bond donors (Lipinski definition) is 2. The van der Waals surface area contributed by atoms with Crippen LogP contribution in [0.1, 0.15) is 11.3 Å². The van der Waals surface area contributed by atoms with Gasteiger partial charge in [0, 0.05) is 33.7 Å². The molecule has 0 amide bonds. The third-order valence-electron chi connectivity index (χ3n) is 6.55. The normalized spacial score (nSPS) is 13.4. The molecule has 4 heterocycles. The molecular formula is C35H28Cl2N6S2. The molecule has 3 aromatic heterocycles. The predicted molar refractivity (Wildman–Crippen MR) is 190 cm³/mol.